The van der Waals surface area contributed by atoms with E-state index in [1.807, 2.05) is 0 Å². The third-order valence-corrected chi connectivity index (χ3v) is 5.64. The van der Waals surface area contributed by atoms with Crippen LogP contribution in [0.5, 0.6) is 0 Å². The summed E-state index contributed by atoms with van der Waals surface area (Å²) in [5.74, 6) is -2.77. The van der Waals surface area contributed by atoms with Crippen molar-refractivity contribution >= 4 is 33.5 Å². The van der Waals surface area contributed by atoms with Crippen molar-refractivity contribution in [2.45, 2.75) is 24.8 Å². The molecular formula is C19H15BrClF5N2O3. The highest BCUT2D eigenvalue weighted by molar-refractivity contribution is 9.10. The molecule has 1 N–H and O–H groups in total. The number of benzene rings is 1. The summed E-state index contributed by atoms with van der Waals surface area (Å²) < 4.78 is 68.7. The van der Waals surface area contributed by atoms with E-state index in [0.29, 0.717) is 4.57 Å². The number of aromatic nitrogens is 1. The van der Waals surface area contributed by atoms with E-state index in [-0.39, 0.29) is 42.2 Å². The van der Waals surface area contributed by atoms with Gasteiger partial charge in [-0.05, 0) is 24.1 Å². The van der Waals surface area contributed by atoms with Gasteiger partial charge in [-0.1, -0.05) is 27.5 Å². The molecule has 1 aliphatic rings. The minimum atomic E-state index is -4.87. The fourth-order valence-electron chi connectivity index (χ4n) is 3.40. The number of nitrogens with zero attached hydrogens (tertiary/aromatic N) is 2. The van der Waals surface area contributed by atoms with Crippen molar-refractivity contribution in [3.05, 3.63) is 66.8 Å². The van der Waals surface area contributed by atoms with Gasteiger partial charge in [-0.2, -0.15) is 13.2 Å². The third kappa shape index (κ3) is 5.09. The molecule has 0 bridgehead atoms. The monoisotopic (exact) mass is 528 g/mol. The van der Waals surface area contributed by atoms with E-state index in [1.54, 1.807) is 4.90 Å². The van der Waals surface area contributed by atoms with E-state index in [9.17, 15) is 36.6 Å². The van der Waals surface area contributed by atoms with Crippen LogP contribution in [0.15, 0.2) is 33.7 Å². The van der Waals surface area contributed by atoms with E-state index in [0.717, 1.165) is 12.3 Å². The van der Waals surface area contributed by atoms with Crippen LogP contribution >= 0.6 is 27.5 Å². The van der Waals surface area contributed by atoms with Gasteiger partial charge in [0, 0.05) is 41.9 Å². The second kappa shape index (κ2) is 8.87. The largest absolute Gasteiger partial charge is 0.479 e. The Labute approximate surface area is 186 Å². The smallest absolute Gasteiger partial charge is 0.416 e. The lowest BCUT2D eigenvalue weighted by atomic mass is 10.0. The number of pyridine rings is 1. The fraction of sp³-hybridized carbons (Fsp3) is 0.368. The number of alkyl halides is 4. The summed E-state index contributed by atoms with van der Waals surface area (Å²) in [6.07, 6.45) is -5.36. The average Bonchev–Trinajstić information content (AvgIpc) is 2.62. The van der Waals surface area contributed by atoms with Crippen LogP contribution < -0.4 is 5.56 Å². The van der Waals surface area contributed by atoms with Crippen molar-refractivity contribution in [2.24, 2.45) is 0 Å². The Bertz CT molecular complexity index is 1070. The number of carbonyl (C=O) groups is 1. The minimum Gasteiger partial charge on any atom is -0.479 e. The number of hydrogen-bond acceptors (Lipinski definition) is 3. The van der Waals surface area contributed by atoms with E-state index in [4.69, 9.17) is 11.6 Å². The molecular weight excluding hydrogens is 515 g/mol. The number of hydrogen-bond donors (Lipinski definition) is 1. The van der Waals surface area contributed by atoms with E-state index in [1.165, 1.54) is 6.07 Å². The average molecular weight is 530 g/mol. The van der Waals surface area contributed by atoms with Gasteiger partial charge in [0.1, 0.15) is 12.0 Å². The molecule has 0 aliphatic carbocycles. The predicted octanol–water partition coefficient (Wildman–Crippen LogP) is 4.29. The molecule has 1 aliphatic heterocycles. The van der Waals surface area contributed by atoms with Crippen LogP contribution in [0.4, 0.5) is 22.0 Å². The molecule has 1 fully saturated rings. The van der Waals surface area contributed by atoms with Gasteiger partial charge in [-0.3, -0.25) is 14.3 Å². The number of rotatable bonds is 6. The highest BCUT2D eigenvalue weighted by atomic mass is 79.9. The first kappa shape index (κ1) is 23.7. The van der Waals surface area contributed by atoms with Gasteiger partial charge in [0.25, 0.3) is 5.56 Å². The molecule has 168 valence electrons. The molecule has 31 heavy (non-hydrogen) atoms. The van der Waals surface area contributed by atoms with Crippen molar-refractivity contribution in [3.63, 3.8) is 0 Å². The van der Waals surface area contributed by atoms with Crippen LogP contribution in [0.1, 0.15) is 22.7 Å². The normalized spacial score (nSPS) is 16.2. The molecule has 0 radical (unpaired) electrons. The van der Waals surface area contributed by atoms with Crippen molar-refractivity contribution < 1.29 is 31.9 Å². The highest BCUT2D eigenvalue weighted by Gasteiger charge is 2.36. The molecule has 0 saturated carbocycles. The molecule has 0 spiro atoms. The topological polar surface area (TPSA) is 62.5 Å². The third-order valence-electron chi connectivity index (χ3n) is 4.91. The summed E-state index contributed by atoms with van der Waals surface area (Å²) in [7, 11) is 0. The van der Waals surface area contributed by atoms with Gasteiger partial charge in [0.05, 0.1) is 10.6 Å². The molecule has 2 heterocycles. The summed E-state index contributed by atoms with van der Waals surface area (Å²) in [5, 5.41) is 9.25. The molecule has 5 nitrogen and oxygen atoms in total. The molecule has 1 aromatic heterocycles. The van der Waals surface area contributed by atoms with Crippen LogP contribution in [0.2, 0.25) is 5.02 Å². The van der Waals surface area contributed by atoms with Gasteiger partial charge >= 0.3 is 12.1 Å². The van der Waals surface area contributed by atoms with Gasteiger partial charge < -0.3 is 5.11 Å². The maximum absolute atomic E-state index is 14.6. The summed E-state index contributed by atoms with van der Waals surface area (Å²) in [5.41, 5.74) is -3.35. The van der Waals surface area contributed by atoms with Crippen LogP contribution in [0, 0.1) is 5.82 Å². The summed E-state index contributed by atoms with van der Waals surface area (Å²) in [6, 6.07) is 0.593. The Morgan fingerprint density at radius 2 is 1.94 bits per heavy atom. The first-order valence-corrected chi connectivity index (χ1v) is 10.1. The molecule has 12 heteroatoms. The predicted molar refractivity (Wildman–Crippen MR) is 106 cm³/mol. The van der Waals surface area contributed by atoms with E-state index >= 15 is 0 Å². The van der Waals surface area contributed by atoms with Crippen LogP contribution in [-0.2, 0) is 17.4 Å². The summed E-state index contributed by atoms with van der Waals surface area (Å²) in [4.78, 5) is 26.0. The highest BCUT2D eigenvalue weighted by Crippen LogP contribution is 2.34. The Kier molecular flexibility index (Phi) is 6.78. The lowest BCUT2D eigenvalue weighted by Crippen LogP contribution is -2.49. The Balaban J connectivity index is 2.11. The zero-order valence-corrected chi connectivity index (χ0v) is 17.9. The second-order valence-corrected chi connectivity index (χ2v) is 8.42. The van der Waals surface area contributed by atoms with Gasteiger partial charge in [-0.15, -0.1) is 0 Å². The van der Waals surface area contributed by atoms with Gasteiger partial charge in [0.15, 0.2) is 6.04 Å². The Hall–Kier alpha value is -1.98. The van der Waals surface area contributed by atoms with Crippen molar-refractivity contribution in [3.8, 4) is 0 Å². The quantitative estimate of drug-likeness (QED) is 0.448. The number of halogens is 7. The first-order valence-electron chi connectivity index (χ1n) is 8.94. The first-order chi connectivity index (χ1) is 14.4. The number of carboxylic acid groups (broad SMARTS) is 1. The SMILES string of the molecule is O=C(O)C(c1cc(Br)cc(Cl)c1F)n1cc(CCN2CC(F)C2)c(C(F)(F)F)cc1=O. The maximum Gasteiger partial charge on any atom is 0.416 e. The zero-order valence-electron chi connectivity index (χ0n) is 15.6. The number of likely N-dealkylation sites (tertiary alicyclic amines) is 1. The lowest BCUT2D eigenvalue weighted by Gasteiger charge is -2.34. The molecule has 1 aromatic carbocycles. The Morgan fingerprint density at radius 3 is 2.48 bits per heavy atom. The van der Waals surface area contributed by atoms with Crippen LogP contribution in [0.25, 0.3) is 0 Å². The minimum absolute atomic E-state index is 0.0799. The number of carboxylic acids is 1. The number of aliphatic carboxylic acids is 1. The molecule has 1 atom stereocenters. The van der Waals surface area contributed by atoms with Crippen LogP contribution in [-0.4, -0.2) is 46.3 Å². The molecule has 0 amide bonds. The molecule has 1 unspecified atom stereocenters. The van der Waals surface area contributed by atoms with E-state index < -0.39 is 51.9 Å². The second-order valence-electron chi connectivity index (χ2n) is 7.09. The molecule has 1 saturated heterocycles. The molecule has 2 aromatic rings. The fourth-order valence-corrected chi connectivity index (χ4v) is 4.24. The summed E-state index contributed by atoms with van der Waals surface area (Å²) >= 11 is 8.81. The summed E-state index contributed by atoms with van der Waals surface area (Å²) in [6.45, 7) is 0.248. The van der Waals surface area contributed by atoms with Crippen molar-refractivity contribution in [1.29, 1.82) is 0 Å². The Morgan fingerprint density at radius 1 is 1.29 bits per heavy atom. The lowest BCUT2D eigenvalue weighted by molar-refractivity contribution is -0.139. The zero-order chi connectivity index (χ0) is 23.1. The van der Waals surface area contributed by atoms with Gasteiger partial charge in [-0.25, -0.2) is 13.6 Å². The standard InChI is InChI=1S/C19H15BrClF5N2O3/c20-10-3-12(16(23)14(21)4-10)17(18(30)31)28-6-9(1-2-27-7-11(22)8-27)13(5-15(28)29)19(24,25)26/h3-6,11,17H,1-2,7-8H2,(H,30,31). The van der Waals surface area contributed by atoms with E-state index in [2.05, 4.69) is 15.9 Å². The van der Waals surface area contributed by atoms with Crippen molar-refractivity contribution in [1.82, 2.24) is 9.47 Å². The maximum atomic E-state index is 14.6. The van der Waals surface area contributed by atoms with Crippen molar-refractivity contribution in [2.75, 3.05) is 19.6 Å². The molecule has 3 rings (SSSR count). The van der Waals surface area contributed by atoms with Crippen LogP contribution in [0.3, 0.4) is 0 Å². The van der Waals surface area contributed by atoms with Gasteiger partial charge in [0.2, 0.25) is 0 Å².